The van der Waals surface area contributed by atoms with Crippen LogP contribution < -0.4 is 14.2 Å². The number of halogens is 4. The van der Waals surface area contributed by atoms with Gasteiger partial charge in [-0.3, -0.25) is 0 Å². The van der Waals surface area contributed by atoms with Crippen LogP contribution in [0.5, 0.6) is 17.2 Å². The highest BCUT2D eigenvalue weighted by Gasteiger charge is 2.35. The van der Waals surface area contributed by atoms with Crippen LogP contribution in [0.15, 0.2) is 10.5 Å². The lowest BCUT2D eigenvalue weighted by atomic mass is 9.92. The van der Waals surface area contributed by atoms with Gasteiger partial charge in [0.1, 0.15) is 11.9 Å². The van der Waals surface area contributed by atoms with Crippen molar-refractivity contribution in [3.63, 3.8) is 0 Å². The summed E-state index contributed by atoms with van der Waals surface area (Å²) in [7, 11) is 0. The van der Waals surface area contributed by atoms with Gasteiger partial charge in [-0.25, -0.2) is 0 Å². The molecule has 3 aliphatic heterocycles. The quantitative estimate of drug-likeness (QED) is 0.189. The number of aryl methyl sites for hydroxylation is 2. The number of fused-ring (bicyclic) bond motifs is 6. The predicted octanol–water partition coefficient (Wildman–Crippen LogP) is 10.5. The Hall–Kier alpha value is -2.90. The molecule has 0 fully saturated rings. The molecule has 0 amide bonds. The molecule has 0 saturated heterocycles. The summed E-state index contributed by atoms with van der Waals surface area (Å²) in [4.78, 5) is 0. The molecule has 3 atom stereocenters. The molecule has 3 unspecified atom stereocenters. The number of benzene rings is 2. The van der Waals surface area contributed by atoms with Gasteiger partial charge < -0.3 is 18.6 Å². The minimum Gasteiger partial charge on any atom is -0.487 e. The van der Waals surface area contributed by atoms with Crippen molar-refractivity contribution in [3.8, 4) is 17.2 Å². The van der Waals surface area contributed by atoms with Crippen LogP contribution in [0, 0.1) is 30.2 Å². The van der Waals surface area contributed by atoms with Gasteiger partial charge in [-0.2, -0.15) is 17.6 Å². The van der Waals surface area contributed by atoms with E-state index in [1.54, 1.807) is 13.0 Å². The van der Waals surface area contributed by atoms with Crippen LogP contribution >= 0.6 is 0 Å². The Morgan fingerprint density at radius 2 is 1.21 bits per heavy atom. The molecule has 238 valence electrons. The van der Waals surface area contributed by atoms with Gasteiger partial charge in [-0.05, 0) is 71.3 Å². The first-order chi connectivity index (χ1) is 20.2. The maximum Gasteiger partial charge on any atom is 0.205 e. The second kappa shape index (κ2) is 14.3. The maximum atomic E-state index is 14.2. The summed E-state index contributed by atoms with van der Waals surface area (Å²) in [5.74, 6) is -2.70. The molecule has 4 nitrogen and oxygen atoms in total. The van der Waals surface area contributed by atoms with Crippen molar-refractivity contribution in [2.24, 2.45) is 0 Å². The standard InChI is InChI=1S/C17H22F2O2.C17H20F2O2.CH4/c2*1-3-4-5-6-11-7-8-12-13-9-10(2)20-17(13)15(19)14(18)16(12)21-11;/h10-11H,3-9H2,1-2H3;9,11H,3-8H2,1-2H3;1H4. The van der Waals surface area contributed by atoms with E-state index in [2.05, 4.69) is 13.8 Å². The largest absolute Gasteiger partial charge is 0.487 e. The summed E-state index contributed by atoms with van der Waals surface area (Å²) in [6.07, 6.45) is 12.3. The molecule has 0 radical (unpaired) electrons. The van der Waals surface area contributed by atoms with Gasteiger partial charge >= 0.3 is 0 Å². The first-order valence-electron chi connectivity index (χ1n) is 15.7. The van der Waals surface area contributed by atoms with Crippen molar-refractivity contribution in [1.82, 2.24) is 0 Å². The average Bonchev–Trinajstić information content (AvgIpc) is 3.58. The highest BCUT2D eigenvalue weighted by Crippen LogP contribution is 2.45. The Kier molecular flexibility index (Phi) is 10.9. The topological polar surface area (TPSA) is 40.8 Å². The van der Waals surface area contributed by atoms with Crippen molar-refractivity contribution < 1.29 is 36.2 Å². The number of furan rings is 1. The molecule has 3 aromatic rings. The molecule has 3 aliphatic rings. The molecule has 4 heterocycles. The highest BCUT2D eigenvalue weighted by atomic mass is 19.2. The summed E-state index contributed by atoms with van der Waals surface area (Å²) in [6.45, 7) is 7.91. The van der Waals surface area contributed by atoms with Crippen molar-refractivity contribution >= 4 is 11.0 Å². The number of unbranched alkanes of at least 4 members (excludes halogenated alkanes) is 4. The highest BCUT2D eigenvalue weighted by molar-refractivity contribution is 5.85. The molecule has 1 aromatic heterocycles. The third-order valence-corrected chi connectivity index (χ3v) is 8.62. The van der Waals surface area contributed by atoms with Crippen molar-refractivity contribution in [3.05, 3.63) is 51.8 Å². The van der Waals surface area contributed by atoms with Crippen LogP contribution in [0.3, 0.4) is 0 Å². The zero-order chi connectivity index (χ0) is 30.0. The van der Waals surface area contributed by atoms with Crippen molar-refractivity contribution in [2.45, 2.75) is 137 Å². The van der Waals surface area contributed by atoms with Gasteiger partial charge in [0.25, 0.3) is 0 Å². The average molecular weight is 607 g/mol. The first-order valence-corrected chi connectivity index (χ1v) is 15.7. The summed E-state index contributed by atoms with van der Waals surface area (Å²) >= 11 is 0. The first kappa shape index (κ1) is 33.0. The van der Waals surface area contributed by atoms with E-state index in [1.165, 1.54) is 0 Å². The van der Waals surface area contributed by atoms with Gasteiger partial charge in [0.15, 0.2) is 22.8 Å². The van der Waals surface area contributed by atoms with E-state index >= 15 is 0 Å². The SMILES string of the molecule is C.CCCCCC1CCc2c(c(F)c(F)c3oc(C)cc23)O1.CCCCCC1CCc2c3c(c(F)c(F)c2O1)OC(C)C3. The number of rotatable bonds is 8. The van der Waals surface area contributed by atoms with Crippen molar-refractivity contribution in [2.75, 3.05) is 0 Å². The molecule has 2 aromatic carbocycles. The Bertz CT molecular complexity index is 1420. The van der Waals surface area contributed by atoms with Crippen LogP contribution in [0.1, 0.15) is 115 Å². The van der Waals surface area contributed by atoms with Gasteiger partial charge in [0, 0.05) is 28.5 Å². The van der Waals surface area contributed by atoms with E-state index in [1.807, 2.05) is 6.92 Å². The number of hydrogen-bond donors (Lipinski definition) is 0. The van der Waals surface area contributed by atoms with Gasteiger partial charge in [0.2, 0.25) is 23.3 Å². The third kappa shape index (κ3) is 6.78. The second-order valence-corrected chi connectivity index (χ2v) is 12.0. The van der Waals surface area contributed by atoms with E-state index in [-0.39, 0.29) is 48.6 Å². The normalized spacial score (nSPS) is 20.0. The van der Waals surface area contributed by atoms with E-state index in [4.69, 9.17) is 18.6 Å². The third-order valence-electron chi connectivity index (χ3n) is 8.62. The summed E-state index contributed by atoms with van der Waals surface area (Å²) in [6, 6.07) is 1.76. The van der Waals surface area contributed by atoms with Gasteiger partial charge in [-0.1, -0.05) is 47.0 Å². The molecule has 0 saturated carbocycles. The Morgan fingerprint density at radius 3 is 1.79 bits per heavy atom. The van der Waals surface area contributed by atoms with E-state index in [0.29, 0.717) is 24.0 Å². The van der Waals surface area contributed by atoms with Crippen LogP contribution in [0.2, 0.25) is 0 Å². The lowest BCUT2D eigenvalue weighted by Crippen LogP contribution is -2.24. The lowest BCUT2D eigenvalue weighted by Gasteiger charge is -2.28. The smallest absolute Gasteiger partial charge is 0.205 e. The molecule has 0 bridgehead atoms. The zero-order valence-electron chi connectivity index (χ0n) is 25.1. The molecular formula is C35H46F4O4. The van der Waals surface area contributed by atoms with Crippen LogP contribution in [-0.4, -0.2) is 18.3 Å². The van der Waals surface area contributed by atoms with Crippen LogP contribution in [0.25, 0.3) is 11.0 Å². The molecule has 0 spiro atoms. The maximum absolute atomic E-state index is 14.2. The summed E-state index contributed by atoms with van der Waals surface area (Å²) in [5, 5.41) is 0.647. The van der Waals surface area contributed by atoms with Gasteiger partial charge in [0.05, 0.1) is 12.2 Å². The fourth-order valence-corrected chi connectivity index (χ4v) is 6.43. The van der Waals surface area contributed by atoms with Gasteiger partial charge in [-0.15, -0.1) is 0 Å². The Labute approximate surface area is 253 Å². The molecule has 0 aliphatic carbocycles. The molecule has 0 N–H and O–H groups in total. The molecule has 43 heavy (non-hydrogen) atoms. The lowest BCUT2D eigenvalue weighted by molar-refractivity contribution is 0.150. The molecular weight excluding hydrogens is 560 g/mol. The zero-order valence-corrected chi connectivity index (χ0v) is 25.1. The monoisotopic (exact) mass is 606 g/mol. The number of hydrogen-bond acceptors (Lipinski definition) is 4. The Morgan fingerprint density at radius 1 is 0.698 bits per heavy atom. The Balaban J connectivity index is 0.000000192. The van der Waals surface area contributed by atoms with Crippen LogP contribution in [0.4, 0.5) is 17.6 Å². The van der Waals surface area contributed by atoms with Crippen molar-refractivity contribution in [1.29, 1.82) is 0 Å². The fourth-order valence-electron chi connectivity index (χ4n) is 6.43. The van der Waals surface area contributed by atoms with E-state index in [9.17, 15) is 17.6 Å². The minimum atomic E-state index is -0.939. The summed E-state index contributed by atoms with van der Waals surface area (Å²) < 4.78 is 78.9. The predicted molar refractivity (Wildman–Crippen MR) is 162 cm³/mol. The van der Waals surface area contributed by atoms with Crippen LogP contribution in [-0.2, 0) is 19.3 Å². The fraction of sp³-hybridized carbons (Fsp3) is 0.600. The van der Waals surface area contributed by atoms with E-state index < -0.39 is 23.3 Å². The molecule has 8 heteroatoms. The number of ether oxygens (including phenoxy) is 3. The second-order valence-electron chi connectivity index (χ2n) is 12.0. The molecule has 6 rings (SSSR count). The minimum absolute atomic E-state index is 0. The summed E-state index contributed by atoms with van der Waals surface area (Å²) in [5.41, 5.74) is 2.38. The van der Waals surface area contributed by atoms with E-state index in [0.717, 1.165) is 87.3 Å².